The van der Waals surface area contributed by atoms with Gasteiger partial charge in [0.2, 0.25) is 5.91 Å². The van der Waals surface area contributed by atoms with Crippen molar-refractivity contribution >= 4 is 5.91 Å². The van der Waals surface area contributed by atoms with E-state index >= 15 is 0 Å². The summed E-state index contributed by atoms with van der Waals surface area (Å²) in [4.78, 5) is 12.9. The Morgan fingerprint density at radius 3 is 2.92 bits per heavy atom. The van der Waals surface area contributed by atoms with Crippen LogP contribution >= 0.6 is 0 Å². The molecule has 4 heteroatoms. The molecule has 0 unspecified atom stereocenters. The lowest BCUT2D eigenvalue weighted by molar-refractivity contribution is -0.121. The summed E-state index contributed by atoms with van der Waals surface area (Å²) in [7, 11) is 0. The van der Waals surface area contributed by atoms with Gasteiger partial charge in [0, 0.05) is 6.54 Å². The zero-order chi connectivity index (χ0) is 10.1. The third kappa shape index (κ3) is 5.88. The van der Waals surface area contributed by atoms with Crippen molar-refractivity contribution in [2.24, 2.45) is 0 Å². The summed E-state index contributed by atoms with van der Waals surface area (Å²) in [5.41, 5.74) is 0. The first-order chi connectivity index (χ1) is 6.24. The Hall–Kier alpha value is -1.34. The molecule has 4 nitrogen and oxygen atoms in total. The van der Waals surface area contributed by atoms with E-state index in [1.54, 1.807) is 11.0 Å². The van der Waals surface area contributed by atoms with E-state index in [4.69, 9.17) is 5.26 Å². The number of nitrogens with zero attached hydrogens (tertiary/aromatic N) is 2. The van der Waals surface area contributed by atoms with Crippen LogP contribution in [-0.4, -0.2) is 37.0 Å². The quantitative estimate of drug-likeness (QED) is 0.468. The first-order valence-electron chi connectivity index (χ1n) is 4.21. The minimum atomic E-state index is -0.0722. The standard InChI is InChI=1S/C9H15N3O/c1-3-6-11-9(13)8-12(4-2)7-5-10/h3H,1,4,6-8H2,2H3,(H,11,13). The lowest BCUT2D eigenvalue weighted by Gasteiger charge is -2.15. The molecule has 72 valence electrons. The Labute approximate surface area is 78.8 Å². The Bertz CT molecular complexity index is 207. The lowest BCUT2D eigenvalue weighted by Crippen LogP contribution is -2.37. The van der Waals surface area contributed by atoms with Gasteiger partial charge in [-0.05, 0) is 6.54 Å². The number of nitrogens with one attached hydrogen (secondary N) is 1. The van der Waals surface area contributed by atoms with Crippen molar-refractivity contribution in [1.29, 1.82) is 5.26 Å². The second kappa shape index (κ2) is 7.32. The van der Waals surface area contributed by atoms with Crippen LogP contribution in [0.2, 0.25) is 0 Å². The molecule has 13 heavy (non-hydrogen) atoms. The first-order valence-corrected chi connectivity index (χ1v) is 4.21. The van der Waals surface area contributed by atoms with Crippen LogP contribution in [0, 0.1) is 11.3 Å². The molecule has 1 N–H and O–H groups in total. The molecule has 0 rings (SSSR count). The Balaban J connectivity index is 3.73. The van der Waals surface area contributed by atoms with Crippen LogP contribution in [0.15, 0.2) is 12.7 Å². The number of rotatable bonds is 6. The Kier molecular flexibility index (Phi) is 6.56. The van der Waals surface area contributed by atoms with Gasteiger partial charge in [-0.1, -0.05) is 13.0 Å². The molecule has 0 heterocycles. The molecule has 0 aliphatic heterocycles. The molecule has 0 aromatic carbocycles. The van der Waals surface area contributed by atoms with Crippen LogP contribution in [0.4, 0.5) is 0 Å². The van der Waals surface area contributed by atoms with E-state index in [1.807, 2.05) is 13.0 Å². The summed E-state index contributed by atoms with van der Waals surface area (Å²) in [6, 6.07) is 2.01. The van der Waals surface area contributed by atoms with Crippen molar-refractivity contribution < 1.29 is 4.79 Å². The van der Waals surface area contributed by atoms with Gasteiger partial charge in [0.1, 0.15) is 0 Å². The molecule has 0 fully saturated rings. The van der Waals surface area contributed by atoms with E-state index in [2.05, 4.69) is 11.9 Å². The highest BCUT2D eigenvalue weighted by molar-refractivity contribution is 5.78. The second-order valence-electron chi connectivity index (χ2n) is 2.55. The predicted molar refractivity (Wildman–Crippen MR) is 50.9 cm³/mol. The van der Waals surface area contributed by atoms with Gasteiger partial charge in [-0.3, -0.25) is 9.69 Å². The minimum Gasteiger partial charge on any atom is -0.352 e. The van der Waals surface area contributed by atoms with Gasteiger partial charge in [0.05, 0.1) is 19.2 Å². The van der Waals surface area contributed by atoms with Crippen molar-refractivity contribution in [2.45, 2.75) is 6.92 Å². The maximum atomic E-state index is 11.1. The maximum absolute atomic E-state index is 11.1. The van der Waals surface area contributed by atoms with Gasteiger partial charge in [-0.15, -0.1) is 6.58 Å². The second-order valence-corrected chi connectivity index (χ2v) is 2.55. The van der Waals surface area contributed by atoms with Crippen molar-refractivity contribution in [3.8, 4) is 6.07 Å². The summed E-state index contributed by atoms with van der Waals surface area (Å²) in [6.07, 6.45) is 1.62. The van der Waals surface area contributed by atoms with Gasteiger partial charge in [-0.25, -0.2) is 0 Å². The highest BCUT2D eigenvalue weighted by Gasteiger charge is 2.06. The van der Waals surface area contributed by atoms with E-state index in [9.17, 15) is 4.79 Å². The molecule has 0 aromatic rings. The Morgan fingerprint density at radius 1 is 1.77 bits per heavy atom. The summed E-state index contributed by atoms with van der Waals surface area (Å²) < 4.78 is 0. The van der Waals surface area contributed by atoms with Gasteiger partial charge in [0.25, 0.3) is 0 Å². The summed E-state index contributed by atoms with van der Waals surface area (Å²) in [5.74, 6) is -0.0722. The molecule has 1 amide bonds. The summed E-state index contributed by atoms with van der Waals surface area (Å²) in [6.45, 7) is 7.15. The number of carbonyl (C=O) groups excluding carboxylic acids is 1. The van der Waals surface area contributed by atoms with Crippen molar-refractivity contribution in [3.05, 3.63) is 12.7 Å². The average molecular weight is 181 g/mol. The van der Waals surface area contributed by atoms with Crippen molar-refractivity contribution in [3.63, 3.8) is 0 Å². The predicted octanol–water partition coefficient (Wildman–Crippen LogP) is 0.134. The lowest BCUT2D eigenvalue weighted by atomic mass is 10.4. The monoisotopic (exact) mass is 181 g/mol. The Morgan fingerprint density at radius 2 is 2.46 bits per heavy atom. The van der Waals surface area contributed by atoms with Crippen LogP contribution in [0.3, 0.4) is 0 Å². The molecule has 0 radical (unpaired) electrons. The van der Waals surface area contributed by atoms with Gasteiger partial charge in [0.15, 0.2) is 0 Å². The third-order valence-corrected chi connectivity index (χ3v) is 1.55. The maximum Gasteiger partial charge on any atom is 0.234 e. The third-order valence-electron chi connectivity index (χ3n) is 1.55. The molecule has 0 bridgehead atoms. The van der Waals surface area contributed by atoms with Crippen LogP contribution in [-0.2, 0) is 4.79 Å². The fourth-order valence-electron chi connectivity index (χ4n) is 0.825. The van der Waals surface area contributed by atoms with Crippen molar-refractivity contribution in [2.75, 3.05) is 26.2 Å². The van der Waals surface area contributed by atoms with Gasteiger partial charge in [-0.2, -0.15) is 5.26 Å². The largest absolute Gasteiger partial charge is 0.352 e. The highest BCUT2D eigenvalue weighted by Crippen LogP contribution is 1.85. The molecular formula is C9H15N3O. The fraction of sp³-hybridized carbons (Fsp3) is 0.556. The fourth-order valence-corrected chi connectivity index (χ4v) is 0.825. The van der Waals surface area contributed by atoms with Crippen LogP contribution < -0.4 is 5.32 Å². The molecule has 0 aliphatic rings. The van der Waals surface area contributed by atoms with Gasteiger partial charge < -0.3 is 5.32 Å². The zero-order valence-corrected chi connectivity index (χ0v) is 7.92. The molecule has 0 saturated heterocycles. The molecule has 0 aliphatic carbocycles. The number of carbonyl (C=O) groups is 1. The van der Waals surface area contributed by atoms with Crippen LogP contribution in [0.25, 0.3) is 0 Å². The van der Waals surface area contributed by atoms with Crippen LogP contribution in [0.1, 0.15) is 6.92 Å². The molecule has 0 saturated carbocycles. The molecule has 0 aromatic heterocycles. The number of likely N-dealkylation sites (N-methyl/N-ethyl adjacent to an activating group) is 1. The number of amides is 1. The van der Waals surface area contributed by atoms with E-state index in [0.717, 1.165) is 0 Å². The summed E-state index contributed by atoms with van der Waals surface area (Å²) >= 11 is 0. The molecular weight excluding hydrogens is 166 g/mol. The van der Waals surface area contributed by atoms with Crippen LogP contribution in [0.5, 0.6) is 0 Å². The first kappa shape index (κ1) is 11.7. The normalized spacial score (nSPS) is 9.31. The molecule has 0 atom stereocenters. The smallest absolute Gasteiger partial charge is 0.234 e. The van der Waals surface area contributed by atoms with E-state index in [-0.39, 0.29) is 19.0 Å². The SMILES string of the molecule is C=CCNC(=O)CN(CC)CC#N. The number of hydrogen-bond donors (Lipinski definition) is 1. The number of nitriles is 1. The number of hydrogen-bond acceptors (Lipinski definition) is 3. The molecule has 0 spiro atoms. The summed E-state index contributed by atoms with van der Waals surface area (Å²) in [5, 5.41) is 11.1. The van der Waals surface area contributed by atoms with E-state index in [1.165, 1.54) is 0 Å². The van der Waals surface area contributed by atoms with E-state index in [0.29, 0.717) is 13.1 Å². The topological polar surface area (TPSA) is 56.1 Å². The van der Waals surface area contributed by atoms with Gasteiger partial charge >= 0.3 is 0 Å². The average Bonchev–Trinajstić information content (AvgIpc) is 2.14. The van der Waals surface area contributed by atoms with E-state index < -0.39 is 0 Å². The highest BCUT2D eigenvalue weighted by atomic mass is 16.2. The zero-order valence-electron chi connectivity index (χ0n) is 7.92. The minimum absolute atomic E-state index is 0.0722. The van der Waals surface area contributed by atoms with Crippen molar-refractivity contribution in [1.82, 2.24) is 10.2 Å².